The summed E-state index contributed by atoms with van der Waals surface area (Å²) in [6.45, 7) is 2.08. The number of nitrogen functional groups attached to an aromatic ring is 1. The predicted molar refractivity (Wildman–Crippen MR) is 73.3 cm³/mol. The third-order valence-corrected chi connectivity index (χ3v) is 2.56. The number of aromatic nitrogens is 2. The summed E-state index contributed by atoms with van der Waals surface area (Å²) in [7, 11) is 1.81. The molecule has 100 valence electrons. The van der Waals surface area contributed by atoms with Crippen LogP contribution in [0.4, 0.5) is 17.2 Å². The van der Waals surface area contributed by atoms with Crippen LogP contribution in [-0.2, 0) is 11.8 Å². The lowest BCUT2D eigenvalue weighted by Crippen LogP contribution is -2.10. The van der Waals surface area contributed by atoms with Gasteiger partial charge in [0.25, 0.3) is 0 Å². The summed E-state index contributed by atoms with van der Waals surface area (Å²) in [6, 6.07) is 6.89. The minimum atomic E-state index is -0.409. The van der Waals surface area contributed by atoms with E-state index in [1.807, 2.05) is 7.05 Å². The van der Waals surface area contributed by atoms with E-state index in [9.17, 15) is 4.79 Å². The van der Waals surface area contributed by atoms with E-state index in [4.69, 9.17) is 10.5 Å². The number of carbonyl (C=O) groups excluding carboxylic acids is 1. The van der Waals surface area contributed by atoms with Crippen LogP contribution in [-0.4, -0.2) is 22.4 Å². The maximum absolute atomic E-state index is 11.9. The van der Waals surface area contributed by atoms with Gasteiger partial charge in [0.15, 0.2) is 5.82 Å². The Bertz CT molecular complexity index is 592. The molecule has 1 aromatic heterocycles. The van der Waals surface area contributed by atoms with Gasteiger partial charge < -0.3 is 15.8 Å². The molecule has 6 nitrogen and oxygen atoms in total. The molecule has 0 aliphatic carbocycles. The summed E-state index contributed by atoms with van der Waals surface area (Å²) in [4.78, 5) is 11.9. The highest BCUT2D eigenvalue weighted by atomic mass is 16.5. The van der Waals surface area contributed by atoms with Crippen molar-refractivity contribution in [2.24, 2.45) is 7.05 Å². The molecule has 3 N–H and O–H groups in total. The van der Waals surface area contributed by atoms with Crippen molar-refractivity contribution in [3.8, 4) is 0 Å². The number of rotatable bonds is 4. The molecule has 0 atom stereocenters. The molecule has 0 bridgehead atoms. The lowest BCUT2D eigenvalue weighted by molar-refractivity contribution is 0.0527. The monoisotopic (exact) mass is 260 g/mol. The summed E-state index contributed by atoms with van der Waals surface area (Å²) < 4.78 is 6.66. The van der Waals surface area contributed by atoms with E-state index in [2.05, 4.69) is 10.4 Å². The van der Waals surface area contributed by atoms with Gasteiger partial charge in [-0.1, -0.05) is 6.07 Å². The SMILES string of the molecule is CCOC(=O)c1cccc(N)c1Nc1ccn(C)n1. The van der Waals surface area contributed by atoms with Crippen LogP contribution in [0.1, 0.15) is 17.3 Å². The van der Waals surface area contributed by atoms with Crippen molar-refractivity contribution >= 4 is 23.2 Å². The summed E-state index contributed by atoms with van der Waals surface area (Å²) >= 11 is 0. The topological polar surface area (TPSA) is 82.2 Å². The largest absolute Gasteiger partial charge is 0.462 e. The molecule has 19 heavy (non-hydrogen) atoms. The minimum absolute atomic E-state index is 0.316. The number of para-hydroxylation sites is 1. The van der Waals surface area contributed by atoms with Crippen molar-refractivity contribution in [2.45, 2.75) is 6.92 Å². The fraction of sp³-hybridized carbons (Fsp3) is 0.231. The molecule has 6 heteroatoms. The molecule has 0 aliphatic heterocycles. The highest BCUT2D eigenvalue weighted by Crippen LogP contribution is 2.27. The van der Waals surface area contributed by atoms with Gasteiger partial charge in [-0.25, -0.2) is 4.79 Å². The zero-order chi connectivity index (χ0) is 13.8. The first-order valence-corrected chi connectivity index (χ1v) is 5.94. The second-order valence-electron chi connectivity index (χ2n) is 3.99. The van der Waals surface area contributed by atoms with Gasteiger partial charge in [0, 0.05) is 19.3 Å². The number of carbonyl (C=O) groups is 1. The molecule has 1 heterocycles. The first-order valence-electron chi connectivity index (χ1n) is 5.94. The van der Waals surface area contributed by atoms with Crippen LogP contribution in [0.3, 0.4) is 0 Å². The predicted octanol–water partition coefficient (Wildman–Crippen LogP) is 1.92. The zero-order valence-electron chi connectivity index (χ0n) is 10.9. The highest BCUT2D eigenvalue weighted by molar-refractivity contribution is 5.99. The fourth-order valence-electron chi connectivity index (χ4n) is 1.70. The molecule has 2 rings (SSSR count). The summed E-state index contributed by atoms with van der Waals surface area (Å²) in [5.41, 5.74) is 7.28. The summed E-state index contributed by atoms with van der Waals surface area (Å²) in [6.07, 6.45) is 1.80. The minimum Gasteiger partial charge on any atom is -0.462 e. The molecular weight excluding hydrogens is 244 g/mol. The van der Waals surface area contributed by atoms with Gasteiger partial charge >= 0.3 is 5.97 Å². The highest BCUT2D eigenvalue weighted by Gasteiger charge is 2.15. The van der Waals surface area contributed by atoms with E-state index in [0.717, 1.165) is 0 Å². The van der Waals surface area contributed by atoms with E-state index >= 15 is 0 Å². The third kappa shape index (κ3) is 2.85. The number of benzene rings is 1. The number of ether oxygens (including phenoxy) is 1. The van der Waals surface area contributed by atoms with Crippen molar-refractivity contribution in [3.05, 3.63) is 36.0 Å². The van der Waals surface area contributed by atoms with Gasteiger partial charge in [-0.2, -0.15) is 5.10 Å². The van der Waals surface area contributed by atoms with Gasteiger partial charge in [0.1, 0.15) is 0 Å². The van der Waals surface area contributed by atoms with Crippen molar-refractivity contribution in [1.29, 1.82) is 0 Å². The number of nitrogens with two attached hydrogens (primary N) is 1. The Balaban J connectivity index is 2.35. The fourth-order valence-corrected chi connectivity index (χ4v) is 1.70. The molecule has 0 fully saturated rings. The van der Waals surface area contributed by atoms with Crippen LogP contribution in [0.2, 0.25) is 0 Å². The lowest BCUT2D eigenvalue weighted by Gasteiger charge is -2.12. The maximum Gasteiger partial charge on any atom is 0.340 e. The van der Waals surface area contributed by atoms with Crippen molar-refractivity contribution in [3.63, 3.8) is 0 Å². The molecule has 0 radical (unpaired) electrons. The molecule has 0 amide bonds. The van der Waals surface area contributed by atoms with E-state index < -0.39 is 5.97 Å². The molecule has 0 saturated carbocycles. The maximum atomic E-state index is 11.9. The molecule has 1 aromatic carbocycles. The summed E-state index contributed by atoms with van der Waals surface area (Å²) in [5, 5.41) is 7.23. The second-order valence-corrected chi connectivity index (χ2v) is 3.99. The van der Waals surface area contributed by atoms with Gasteiger partial charge in [-0.3, -0.25) is 4.68 Å². The van der Waals surface area contributed by atoms with Crippen LogP contribution < -0.4 is 11.1 Å². The van der Waals surface area contributed by atoms with Crippen molar-refractivity contribution in [2.75, 3.05) is 17.7 Å². The number of hydrogen-bond donors (Lipinski definition) is 2. The first kappa shape index (κ1) is 12.9. The standard InChI is InChI=1S/C13H16N4O2/c1-3-19-13(18)9-5-4-6-10(14)12(9)15-11-7-8-17(2)16-11/h4-8H,3,14H2,1-2H3,(H,15,16). The zero-order valence-corrected chi connectivity index (χ0v) is 10.9. The Morgan fingerprint density at radius 1 is 1.47 bits per heavy atom. The molecule has 0 unspecified atom stereocenters. The van der Waals surface area contributed by atoms with Crippen LogP contribution in [0.25, 0.3) is 0 Å². The molecular formula is C13H16N4O2. The van der Waals surface area contributed by atoms with Gasteiger partial charge in [-0.15, -0.1) is 0 Å². The Morgan fingerprint density at radius 3 is 2.89 bits per heavy atom. The van der Waals surface area contributed by atoms with E-state index in [-0.39, 0.29) is 0 Å². The van der Waals surface area contributed by atoms with Crippen molar-refractivity contribution < 1.29 is 9.53 Å². The Hall–Kier alpha value is -2.50. The first-order chi connectivity index (χ1) is 9.11. The average Bonchev–Trinajstić information content (AvgIpc) is 2.78. The van der Waals surface area contributed by atoms with Gasteiger partial charge in [0.2, 0.25) is 0 Å². The third-order valence-electron chi connectivity index (χ3n) is 2.56. The normalized spacial score (nSPS) is 10.2. The van der Waals surface area contributed by atoms with E-state index in [1.54, 1.807) is 42.1 Å². The van der Waals surface area contributed by atoms with Crippen LogP contribution in [0, 0.1) is 0 Å². The lowest BCUT2D eigenvalue weighted by atomic mass is 10.1. The molecule has 0 aliphatic rings. The number of esters is 1. The van der Waals surface area contributed by atoms with Crippen LogP contribution in [0.5, 0.6) is 0 Å². The number of hydrogen-bond acceptors (Lipinski definition) is 5. The molecule has 2 aromatic rings. The number of nitrogens with one attached hydrogen (secondary N) is 1. The number of anilines is 3. The smallest absolute Gasteiger partial charge is 0.340 e. The van der Waals surface area contributed by atoms with Crippen molar-refractivity contribution in [1.82, 2.24) is 9.78 Å². The number of nitrogens with zero attached hydrogens (tertiary/aromatic N) is 2. The number of aryl methyl sites for hydroxylation is 1. The van der Waals surface area contributed by atoms with E-state index in [0.29, 0.717) is 29.4 Å². The Labute approximate surface area is 111 Å². The Morgan fingerprint density at radius 2 is 2.26 bits per heavy atom. The molecule has 0 spiro atoms. The average molecular weight is 260 g/mol. The van der Waals surface area contributed by atoms with Gasteiger partial charge in [0.05, 0.1) is 23.5 Å². The van der Waals surface area contributed by atoms with Crippen LogP contribution >= 0.6 is 0 Å². The second kappa shape index (κ2) is 5.43. The molecule has 0 saturated heterocycles. The van der Waals surface area contributed by atoms with Crippen LogP contribution in [0.15, 0.2) is 30.5 Å². The Kier molecular flexibility index (Phi) is 3.70. The summed E-state index contributed by atoms with van der Waals surface area (Å²) in [5.74, 6) is 0.208. The quantitative estimate of drug-likeness (QED) is 0.648. The van der Waals surface area contributed by atoms with E-state index in [1.165, 1.54) is 0 Å². The van der Waals surface area contributed by atoms with Gasteiger partial charge in [-0.05, 0) is 19.1 Å².